The zero-order valence-corrected chi connectivity index (χ0v) is 8.84. The summed E-state index contributed by atoms with van der Waals surface area (Å²) in [6.45, 7) is 6.06. The number of nitrogens with one attached hydrogen (secondary N) is 1. The lowest BCUT2D eigenvalue weighted by Gasteiger charge is -2.03. The molecule has 0 spiro atoms. The molecule has 0 aliphatic heterocycles. The Morgan fingerprint density at radius 2 is 1.93 bits per heavy atom. The van der Waals surface area contributed by atoms with Gasteiger partial charge >= 0.3 is 0 Å². The van der Waals surface area contributed by atoms with Crippen molar-refractivity contribution in [3.63, 3.8) is 0 Å². The van der Waals surface area contributed by atoms with Gasteiger partial charge in [0.25, 0.3) is 0 Å². The van der Waals surface area contributed by atoms with E-state index in [1.54, 1.807) is 24.3 Å². The molecule has 0 radical (unpaired) electrons. The van der Waals surface area contributed by atoms with Crippen LogP contribution in [0, 0.1) is 0 Å². The van der Waals surface area contributed by atoms with Crippen LogP contribution in [0.25, 0.3) is 0 Å². The first-order valence-corrected chi connectivity index (χ1v) is 5.86. The number of benzene rings is 1. The van der Waals surface area contributed by atoms with E-state index < -0.39 is 9.84 Å². The highest BCUT2D eigenvalue weighted by Gasteiger charge is 2.07. The fourth-order valence-electron chi connectivity index (χ4n) is 1.06. The summed E-state index contributed by atoms with van der Waals surface area (Å²) in [6, 6.07) is 6.60. The van der Waals surface area contributed by atoms with Crippen LogP contribution < -0.4 is 5.32 Å². The minimum Gasteiger partial charge on any atom is -0.385 e. The first-order chi connectivity index (χ1) is 6.60. The SMILES string of the molecule is C=CS(=O)(=O)c1ccc(NCC)cc1. The van der Waals surface area contributed by atoms with E-state index in [2.05, 4.69) is 11.9 Å². The summed E-state index contributed by atoms with van der Waals surface area (Å²) in [4.78, 5) is 0.272. The summed E-state index contributed by atoms with van der Waals surface area (Å²) in [6.07, 6.45) is 0. The van der Waals surface area contributed by atoms with Gasteiger partial charge in [0.05, 0.1) is 4.90 Å². The number of sulfone groups is 1. The van der Waals surface area contributed by atoms with Gasteiger partial charge < -0.3 is 5.32 Å². The third-order valence-electron chi connectivity index (χ3n) is 1.78. The summed E-state index contributed by atoms with van der Waals surface area (Å²) < 4.78 is 22.7. The highest BCUT2D eigenvalue weighted by molar-refractivity contribution is 7.94. The van der Waals surface area contributed by atoms with Crippen molar-refractivity contribution in [3.8, 4) is 0 Å². The molecule has 0 heterocycles. The maximum absolute atomic E-state index is 11.3. The van der Waals surface area contributed by atoms with Crippen LogP contribution in [0.2, 0.25) is 0 Å². The summed E-state index contributed by atoms with van der Waals surface area (Å²) in [5, 5.41) is 4.04. The van der Waals surface area contributed by atoms with Crippen molar-refractivity contribution in [2.24, 2.45) is 0 Å². The van der Waals surface area contributed by atoms with Gasteiger partial charge in [-0.05, 0) is 31.2 Å². The van der Waals surface area contributed by atoms with Crippen LogP contribution >= 0.6 is 0 Å². The second-order valence-electron chi connectivity index (χ2n) is 2.77. The van der Waals surface area contributed by atoms with Crippen LogP contribution in [-0.2, 0) is 9.84 Å². The average Bonchev–Trinajstić information content (AvgIpc) is 2.19. The molecule has 0 unspecified atom stereocenters. The van der Waals surface area contributed by atoms with Crippen molar-refractivity contribution in [1.82, 2.24) is 0 Å². The van der Waals surface area contributed by atoms with Crippen molar-refractivity contribution in [2.75, 3.05) is 11.9 Å². The quantitative estimate of drug-likeness (QED) is 0.829. The van der Waals surface area contributed by atoms with E-state index in [9.17, 15) is 8.42 Å². The third kappa shape index (κ3) is 2.35. The standard InChI is InChI=1S/C10H13NO2S/c1-3-11-9-5-7-10(8-6-9)14(12,13)4-2/h4-8,11H,2-3H2,1H3. The van der Waals surface area contributed by atoms with Crippen LogP contribution in [0.3, 0.4) is 0 Å². The predicted molar refractivity (Wildman–Crippen MR) is 58.0 cm³/mol. The fourth-order valence-corrected chi connectivity index (χ4v) is 1.77. The molecule has 0 aliphatic rings. The Bertz CT molecular complexity index is 406. The molecule has 0 amide bonds. The van der Waals surface area contributed by atoms with Crippen LogP contribution in [0.5, 0.6) is 0 Å². The zero-order chi connectivity index (χ0) is 10.6. The molecule has 0 atom stereocenters. The summed E-state index contributed by atoms with van der Waals surface area (Å²) >= 11 is 0. The topological polar surface area (TPSA) is 46.2 Å². The van der Waals surface area contributed by atoms with E-state index in [1.807, 2.05) is 6.92 Å². The zero-order valence-electron chi connectivity index (χ0n) is 8.03. The Balaban J connectivity index is 3.00. The maximum Gasteiger partial charge on any atom is 0.199 e. The predicted octanol–water partition coefficient (Wildman–Crippen LogP) is 2.04. The minimum absolute atomic E-state index is 0.272. The molecule has 1 rings (SSSR count). The van der Waals surface area contributed by atoms with Crippen molar-refractivity contribution in [1.29, 1.82) is 0 Å². The van der Waals surface area contributed by atoms with E-state index in [1.165, 1.54) is 0 Å². The number of hydrogen-bond donors (Lipinski definition) is 1. The molecule has 0 saturated heterocycles. The molecule has 1 aromatic rings. The van der Waals surface area contributed by atoms with Gasteiger partial charge in [-0.1, -0.05) is 6.58 Å². The summed E-state index contributed by atoms with van der Waals surface area (Å²) in [5.74, 6) is 0. The van der Waals surface area contributed by atoms with Gasteiger partial charge in [0.2, 0.25) is 0 Å². The van der Waals surface area contributed by atoms with Gasteiger partial charge in [-0.3, -0.25) is 0 Å². The molecular formula is C10H13NO2S. The Labute approximate surface area is 84.4 Å². The number of rotatable bonds is 4. The van der Waals surface area contributed by atoms with Crippen LogP contribution in [0.4, 0.5) is 5.69 Å². The highest BCUT2D eigenvalue weighted by atomic mass is 32.2. The Morgan fingerprint density at radius 1 is 1.36 bits per heavy atom. The average molecular weight is 211 g/mol. The molecule has 1 aromatic carbocycles. The summed E-state index contributed by atoms with van der Waals surface area (Å²) in [7, 11) is -3.29. The molecule has 1 N–H and O–H groups in total. The first-order valence-electron chi connectivity index (χ1n) is 4.31. The van der Waals surface area contributed by atoms with Gasteiger partial charge in [-0.2, -0.15) is 0 Å². The lowest BCUT2D eigenvalue weighted by atomic mass is 10.3. The molecule has 3 nitrogen and oxygen atoms in total. The molecule has 0 aliphatic carbocycles. The van der Waals surface area contributed by atoms with Crippen molar-refractivity contribution < 1.29 is 8.42 Å². The van der Waals surface area contributed by atoms with Gasteiger partial charge in [0.1, 0.15) is 0 Å². The molecule has 4 heteroatoms. The lowest BCUT2D eigenvalue weighted by molar-refractivity contribution is 0.605. The van der Waals surface area contributed by atoms with E-state index in [0.717, 1.165) is 17.6 Å². The van der Waals surface area contributed by atoms with Crippen molar-refractivity contribution in [2.45, 2.75) is 11.8 Å². The monoisotopic (exact) mass is 211 g/mol. The first kappa shape index (κ1) is 10.8. The highest BCUT2D eigenvalue weighted by Crippen LogP contribution is 2.15. The van der Waals surface area contributed by atoms with Gasteiger partial charge in [0, 0.05) is 17.6 Å². The lowest BCUT2D eigenvalue weighted by Crippen LogP contribution is -1.98. The second-order valence-corrected chi connectivity index (χ2v) is 4.66. The smallest absolute Gasteiger partial charge is 0.199 e. The van der Waals surface area contributed by atoms with E-state index in [-0.39, 0.29) is 4.90 Å². The van der Waals surface area contributed by atoms with Crippen LogP contribution in [-0.4, -0.2) is 15.0 Å². The molecule has 14 heavy (non-hydrogen) atoms. The van der Waals surface area contributed by atoms with E-state index in [0.29, 0.717) is 0 Å². The van der Waals surface area contributed by atoms with Crippen LogP contribution in [0.15, 0.2) is 41.1 Å². The van der Waals surface area contributed by atoms with Crippen molar-refractivity contribution >= 4 is 15.5 Å². The Morgan fingerprint density at radius 3 is 2.36 bits per heavy atom. The van der Waals surface area contributed by atoms with Gasteiger partial charge in [-0.25, -0.2) is 8.42 Å². The third-order valence-corrected chi connectivity index (χ3v) is 3.15. The van der Waals surface area contributed by atoms with E-state index >= 15 is 0 Å². The minimum atomic E-state index is -3.29. The van der Waals surface area contributed by atoms with Gasteiger partial charge in [0.15, 0.2) is 9.84 Å². The number of anilines is 1. The fraction of sp³-hybridized carbons (Fsp3) is 0.200. The largest absolute Gasteiger partial charge is 0.385 e. The molecular weight excluding hydrogens is 198 g/mol. The Hall–Kier alpha value is -1.29. The van der Waals surface area contributed by atoms with Crippen molar-refractivity contribution in [3.05, 3.63) is 36.3 Å². The molecule has 0 aromatic heterocycles. The van der Waals surface area contributed by atoms with E-state index in [4.69, 9.17) is 0 Å². The molecule has 76 valence electrons. The normalized spacial score (nSPS) is 10.9. The summed E-state index contributed by atoms with van der Waals surface area (Å²) in [5.41, 5.74) is 0.913. The van der Waals surface area contributed by atoms with Gasteiger partial charge in [-0.15, -0.1) is 0 Å². The molecule has 0 fully saturated rings. The second kappa shape index (κ2) is 4.28. The number of hydrogen-bond acceptors (Lipinski definition) is 3. The maximum atomic E-state index is 11.3. The molecule has 0 saturated carbocycles. The van der Waals surface area contributed by atoms with Crippen LogP contribution in [0.1, 0.15) is 6.92 Å². The molecule has 0 bridgehead atoms. The Kier molecular flexibility index (Phi) is 3.30.